The van der Waals surface area contributed by atoms with Crippen molar-refractivity contribution in [2.24, 2.45) is 0 Å². The average Bonchev–Trinajstić information content (AvgIpc) is 3.15. The lowest BCUT2D eigenvalue weighted by Gasteiger charge is -2.48. The Kier molecular flexibility index (Phi) is 6.10. The van der Waals surface area contributed by atoms with Gasteiger partial charge in [0.25, 0.3) is 15.9 Å². The van der Waals surface area contributed by atoms with E-state index in [2.05, 4.69) is 10.3 Å². The highest BCUT2D eigenvalue weighted by Crippen LogP contribution is 2.39. The van der Waals surface area contributed by atoms with Crippen LogP contribution in [0.3, 0.4) is 0 Å². The molecule has 0 saturated carbocycles. The molecule has 6 nitrogen and oxygen atoms in total. The third-order valence-corrected chi connectivity index (χ3v) is 9.06. The number of benzene rings is 1. The van der Waals surface area contributed by atoms with Gasteiger partial charge in [0, 0.05) is 30.7 Å². The van der Waals surface area contributed by atoms with Crippen LogP contribution >= 0.6 is 22.9 Å². The minimum Gasteiger partial charge on any atom is -0.351 e. The fraction of sp³-hybridized carbons (Fsp3) is 0.273. The maximum Gasteiger partial charge on any atom is 0.252 e. The zero-order valence-electron chi connectivity index (χ0n) is 17.4. The van der Waals surface area contributed by atoms with Crippen LogP contribution in [0.4, 0.5) is 4.39 Å². The molecule has 10 heteroatoms. The monoisotopic (exact) mass is 493 g/mol. The molecular weight excluding hydrogens is 473 g/mol. The summed E-state index contributed by atoms with van der Waals surface area (Å²) < 4.78 is 42.1. The van der Waals surface area contributed by atoms with Gasteiger partial charge in [0.05, 0.1) is 21.7 Å². The summed E-state index contributed by atoms with van der Waals surface area (Å²) in [5.74, 6) is -0.958. The molecule has 1 amide bonds. The van der Waals surface area contributed by atoms with E-state index < -0.39 is 27.2 Å². The Hall–Kier alpha value is -2.33. The van der Waals surface area contributed by atoms with Gasteiger partial charge < -0.3 is 5.32 Å². The smallest absolute Gasteiger partial charge is 0.252 e. The van der Waals surface area contributed by atoms with Crippen molar-refractivity contribution in [1.29, 1.82) is 0 Å². The van der Waals surface area contributed by atoms with Gasteiger partial charge in [-0.1, -0.05) is 17.7 Å². The topological polar surface area (TPSA) is 79.4 Å². The highest BCUT2D eigenvalue weighted by Gasteiger charge is 2.52. The number of hydrogen-bond acceptors (Lipinski definition) is 5. The van der Waals surface area contributed by atoms with Gasteiger partial charge in [0.1, 0.15) is 10.0 Å². The van der Waals surface area contributed by atoms with Crippen LogP contribution in [-0.4, -0.2) is 43.2 Å². The van der Waals surface area contributed by atoms with Gasteiger partial charge in [0.15, 0.2) is 0 Å². The van der Waals surface area contributed by atoms with Gasteiger partial charge in [-0.25, -0.2) is 12.8 Å². The average molecular weight is 494 g/mol. The molecule has 1 aliphatic heterocycles. The molecule has 0 spiro atoms. The first-order chi connectivity index (χ1) is 15.1. The molecule has 4 rings (SSSR count). The second kappa shape index (κ2) is 8.55. The van der Waals surface area contributed by atoms with Crippen LogP contribution < -0.4 is 5.32 Å². The van der Waals surface area contributed by atoms with E-state index >= 15 is 0 Å². The maximum atomic E-state index is 14.6. The Labute approximate surface area is 195 Å². The quantitative estimate of drug-likeness (QED) is 0.564. The third-order valence-electron chi connectivity index (χ3n) is 5.49. The molecule has 168 valence electrons. The summed E-state index contributed by atoms with van der Waals surface area (Å²) in [4.78, 5) is 17.8. The standard InChI is InChI=1S/C22H21ClFN3O3S2/c1-14-5-7-16(17(23)10-14)21(28)26-11-22(20-18(24)4-3-9-25-20)12-27(13-22)32(29,30)19-8-6-15(2)31-19/h3-10H,11-13H2,1-2H3,(H,26,28). The molecule has 2 aromatic heterocycles. The van der Waals surface area contributed by atoms with Gasteiger partial charge in [-0.3, -0.25) is 9.78 Å². The van der Waals surface area contributed by atoms with Crippen molar-refractivity contribution in [3.8, 4) is 0 Å². The number of carbonyl (C=O) groups is 1. The molecule has 32 heavy (non-hydrogen) atoms. The number of nitrogens with one attached hydrogen (secondary N) is 1. The normalized spacial score (nSPS) is 15.9. The van der Waals surface area contributed by atoms with Crippen LogP contribution in [-0.2, 0) is 15.4 Å². The molecule has 3 heterocycles. The second-order valence-electron chi connectivity index (χ2n) is 7.92. The van der Waals surface area contributed by atoms with Gasteiger partial charge in [-0.2, -0.15) is 4.31 Å². The first-order valence-electron chi connectivity index (χ1n) is 9.84. The summed E-state index contributed by atoms with van der Waals surface area (Å²) in [5.41, 5.74) is 0.357. The first kappa shape index (κ1) is 22.8. The Balaban J connectivity index is 1.59. The number of hydrogen-bond donors (Lipinski definition) is 1. The van der Waals surface area contributed by atoms with E-state index in [-0.39, 0.29) is 29.5 Å². The van der Waals surface area contributed by atoms with E-state index in [0.29, 0.717) is 10.6 Å². The fourth-order valence-electron chi connectivity index (χ4n) is 3.75. The van der Waals surface area contributed by atoms with Crippen molar-refractivity contribution >= 4 is 38.9 Å². The number of sulfonamides is 1. The highest BCUT2D eigenvalue weighted by molar-refractivity contribution is 7.91. The number of amides is 1. The van der Waals surface area contributed by atoms with E-state index in [1.807, 2.05) is 13.8 Å². The zero-order valence-corrected chi connectivity index (χ0v) is 19.8. The lowest BCUT2D eigenvalue weighted by Crippen LogP contribution is -2.65. The number of halogens is 2. The van der Waals surface area contributed by atoms with E-state index in [1.165, 1.54) is 34.0 Å². The van der Waals surface area contributed by atoms with E-state index in [4.69, 9.17) is 11.6 Å². The molecule has 0 aliphatic carbocycles. The van der Waals surface area contributed by atoms with Crippen LogP contribution in [0.1, 0.15) is 26.5 Å². The van der Waals surface area contributed by atoms with Crippen LogP contribution in [0.15, 0.2) is 52.9 Å². The SMILES string of the molecule is Cc1ccc(C(=O)NCC2(c3ncccc3F)CN(S(=O)(=O)c3ccc(C)s3)C2)c(Cl)c1. The van der Waals surface area contributed by atoms with Gasteiger partial charge in [-0.15, -0.1) is 11.3 Å². The number of nitrogens with zero attached hydrogens (tertiary/aromatic N) is 2. The zero-order chi connectivity index (χ0) is 23.1. The third kappa shape index (κ3) is 4.17. The number of aryl methyl sites for hydroxylation is 2. The predicted octanol–water partition coefficient (Wildman–Crippen LogP) is 3.92. The number of pyridine rings is 1. The summed E-state index contributed by atoms with van der Waals surface area (Å²) in [6, 6.07) is 11.1. The minimum atomic E-state index is -3.71. The second-order valence-corrected chi connectivity index (χ2v) is 11.8. The Morgan fingerprint density at radius 2 is 2.00 bits per heavy atom. The molecule has 1 N–H and O–H groups in total. The van der Waals surface area contributed by atoms with Crippen molar-refractivity contribution in [2.75, 3.05) is 19.6 Å². The molecule has 1 saturated heterocycles. The van der Waals surface area contributed by atoms with Crippen LogP contribution in [0, 0.1) is 19.7 Å². The molecule has 0 unspecified atom stereocenters. The van der Waals surface area contributed by atoms with Gasteiger partial charge >= 0.3 is 0 Å². The molecule has 1 fully saturated rings. The summed E-state index contributed by atoms with van der Waals surface area (Å²) in [6.45, 7) is 3.72. The summed E-state index contributed by atoms with van der Waals surface area (Å²) >= 11 is 7.38. The van der Waals surface area contributed by atoms with E-state index in [1.54, 1.807) is 30.3 Å². The van der Waals surface area contributed by atoms with Gasteiger partial charge in [-0.05, 0) is 55.8 Å². The van der Waals surface area contributed by atoms with Gasteiger partial charge in [0.2, 0.25) is 0 Å². The van der Waals surface area contributed by atoms with E-state index in [9.17, 15) is 17.6 Å². The first-order valence-corrected chi connectivity index (χ1v) is 12.5. The molecule has 0 bridgehead atoms. The van der Waals surface area contributed by atoms with Crippen LogP contribution in [0.25, 0.3) is 0 Å². The molecule has 1 aliphatic rings. The molecule has 0 atom stereocenters. The Morgan fingerprint density at radius 1 is 1.25 bits per heavy atom. The predicted molar refractivity (Wildman–Crippen MR) is 122 cm³/mol. The number of carbonyl (C=O) groups excluding carboxylic acids is 1. The number of aromatic nitrogens is 1. The van der Waals surface area contributed by atoms with Crippen LogP contribution in [0.5, 0.6) is 0 Å². The Bertz CT molecular complexity index is 1290. The minimum absolute atomic E-state index is 0.00211. The lowest BCUT2D eigenvalue weighted by atomic mass is 9.77. The van der Waals surface area contributed by atoms with Crippen LogP contribution in [0.2, 0.25) is 5.02 Å². The van der Waals surface area contributed by atoms with Crippen molar-refractivity contribution < 1.29 is 17.6 Å². The fourth-order valence-corrected chi connectivity index (χ4v) is 7.12. The van der Waals surface area contributed by atoms with Crippen molar-refractivity contribution in [3.63, 3.8) is 0 Å². The molecular formula is C22H21ClFN3O3S2. The molecule has 3 aromatic rings. The summed E-state index contributed by atoms with van der Waals surface area (Å²) in [5, 5.41) is 3.11. The summed E-state index contributed by atoms with van der Waals surface area (Å²) in [6.07, 6.45) is 1.46. The maximum absolute atomic E-state index is 14.6. The largest absolute Gasteiger partial charge is 0.351 e. The summed E-state index contributed by atoms with van der Waals surface area (Å²) in [7, 11) is -3.71. The Morgan fingerprint density at radius 3 is 2.62 bits per heavy atom. The van der Waals surface area contributed by atoms with Crippen molar-refractivity contribution in [1.82, 2.24) is 14.6 Å². The van der Waals surface area contributed by atoms with Crippen molar-refractivity contribution in [2.45, 2.75) is 23.5 Å². The number of rotatable bonds is 6. The molecule has 0 radical (unpaired) electrons. The molecule has 1 aromatic carbocycles. The lowest BCUT2D eigenvalue weighted by molar-refractivity contribution is 0.0895. The number of thiophene rings is 1. The highest BCUT2D eigenvalue weighted by atomic mass is 35.5. The van der Waals surface area contributed by atoms with E-state index in [0.717, 1.165) is 10.4 Å². The van der Waals surface area contributed by atoms with Crippen molar-refractivity contribution in [3.05, 3.63) is 81.2 Å².